The molecule has 0 unspecified atom stereocenters. The van der Waals surface area contributed by atoms with E-state index in [1.165, 1.54) is 45.0 Å². The van der Waals surface area contributed by atoms with Crippen molar-refractivity contribution < 1.29 is 38.9 Å². The molecule has 0 aliphatic heterocycles. The van der Waals surface area contributed by atoms with E-state index in [9.17, 15) is 29.4 Å². The van der Waals surface area contributed by atoms with E-state index in [4.69, 9.17) is 15.2 Å². The molecule has 178 valence electrons. The lowest BCUT2D eigenvalue weighted by molar-refractivity contribution is -0.196. The van der Waals surface area contributed by atoms with Crippen LogP contribution in [0, 0.1) is 5.41 Å². The number of ketones is 2. The zero-order chi connectivity index (χ0) is 25.6. The number of carbonyl (C=O) groups is 4. The van der Waals surface area contributed by atoms with E-state index in [1.807, 2.05) is 0 Å². The zero-order valence-electron chi connectivity index (χ0n) is 19.0. The number of aliphatic hydroxyl groups is 2. The second kappa shape index (κ2) is 10.8. The Bertz CT molecular complexity index is 960. The van der Waals surface area contributed by atoms with Crippen molar-refractivity contribution in [3.63, 3.8) is 0 Å². The molecule has 0 amide bonds. The Kier molecular flexibility index (Phi) is 9.03. The van der Waals surface area contributed by atoms with Crippen molar-refractivity contribution in [2.24, 2.45) is 5.41 Å². The summed E-state index contributed by atoms with van der Waals surface area (Å²) in [5.74, 6) is -4.24. The molecule has 0 fully saturated rings. The van der Waals surface area contributed by atoms with Crippen LogP contribution < -0.4 is 5.73 Å². The summed E-state index contributed by atoms with van der Waals surface area (Å²) in [4.78, 5) is 51.7. The molecule has 0 aromatic heterocycles. The van der Waals surface area contributed by atoms with Gasteiger partial charge >= 0.3 is 11.9 Å². The maximum absolute atomic E-state index is 13.3. The summed E-state index contributed by atoms with van der Waals surface area (Å²) in [7, 11) is 0. The highest BCUT2D eigenvalue weighted by atomic mass is 16.6. The molecule has 4 N–H and O–H groups in total. The summed E-state index contributed by atoms with van der Waals surface area (Å²) >= 11 is 0. The third kappa shape index (κ3) is 5.44. The predicted octanol–water partition coefficient (Wildman–Crippen LogP) is 1.55. The first kappa shape index (κ1) is 27.5. The molecule has 0 radical (unpaired) electrons. The van der Waals surface area contributed by atoms with Crippen molar-refractivity contribution in [1.29, 1.82) is 0 Å². The second-order valence-corrected chi connectivity index (χ2v) is 7.86. The minimum atomic E-state index is -2.83. The summed E-state index contributed by atoms with van der Waals surface area (Å²) in [6, 6.07) is 5.67. The largest absolute Gasteiger partial charge is 0.461 e. The first-order chi connectivity index (χ1) is 15.3. The number of nitrogen functional groups attached to an aromatic ring is 1. The Morgan fingerprint density at radius 2 is 1.33 bits per heavy atom. The zero-order valence-corrected chi connectivity index (χ0v) is 19.0. The maximum atomic E-state index is 13.3. The number of benzene rings is 1. The molecule has 1 aromatic carbocycles. The van der Waals surface area contributed by atoms with E-state index in [0.29, 0.717) is 5.69 Å². The van der Waals surface area contributed by atoms with Crippen LogP contribution in [0.1, 0.15) is 31.1 Å². The Balaban J connectivity index is 3.69. The van der Waals surface area contributed by atoms with Crippen molar-refractivity contribution in [2.75, 3.05) is 25.6 Å². The fourth-order valence-electron chi connectivity index (χ4n) is 2.98. The molecule has 0 saturated heterocycles. The second-order valence-electron chi connectivity index (χ2n) is 7.86. The Hall–Kier alpha value is -3.56. The van der Waals surface area contributed by atoms with Gasteiger partial charge in [-0.15, -0.1) is 0 Å². The summed E-state index contributed by atoms with van der Waals surface area (Å²) in [5.41, 5.74) is 0.380. The fourth-order valence-corrected chi connectivity index (χ4v) is 2.98. The predicted molar refractivity (Wildman–Crippen MR) is 121 cm³/mol. The average molecular weight is 459 g/mol. The molecule has 0 saturated carbocycles. The Labute approximate surface area is 192 Å². The van der Waals surface area contributed by atoms with Crippen LogP contribution in [0.4, 0.5) is 5.69 Å². The van der Waals surface area contributed by atoms with Gasteiger partial charge in [-0.2, -0.15) is 0 Å². The quantitative estimate of drug-likeness (QED) is 0.183. The van der Waals surface area contributed by atoms with Crippen LogP contribution in [-0.4, -0.2) is 59.1 Å². The normalized spacial score (nSPS) is 11.3. The van der Waals surface area contributed by atoms with Gasteiger partial charge in [0.25, 0.3) is 0 Å². The number of hydrogen-bond acceptors (Lipinski definition) is 9. The molecular formula is C24H29NO8. The number of hydrogen-bond donors (Lipinski definition) is 3. The van der Waals surface area contributed by atoms with Crippen LogP contribution in [0.3, 0.4) is 0 Å². The molecule has 1 rings (SSSR count). The van der Waals surface area contributed by atoms with Gasteiger partial charge < -0.3 is 25.4 Å². The van der Waals surface area contributed by atoms with E-state index in [-0.39, 0.29) is 22.3 Å². The summed E-state index contributed by atoms with van der Waals surface area (Å²) in [5, 5.41) is 20.6. The SMILES string of the molecule is C=C(C)C(=O)OC(C(=O)C(=C)C)(C(=O)C(=C)C)C(CO)(CO)COC(=O)c1ccc(N)cc1. The summed E-state index contributed by atoms with van der Waals surface area (Å²) < 4.78 is 10.6. The monoisotopic (exact) mass is 459 g/mol. The highest BCUT2D eigenvalue weighted by molar-refractivity contribution is 6.23. The van der Waals surface area contributed by atoms with Gasteiger partial charge in [-0.25, -0.2) is 9.59 Å². The van der Waals surface area contributed by atoms with Crippen LogP contribution >= 0.6 is 0 Å². The van der Waals surface area contributed by atoms with Crippen molar-refractivity contribution in [3.05, 3.63) is 66.3 Å². The highest BCUT2D eigenvalue weighted by Crippen LogP contribution is 2.41. The molecule has 33 heavy (non-hydrogen) atoms. The Morgan fingerprint density at radius 1 is 0.879 bits per heavy atom. The molecule has 9 nitrogen and oxygen atoms in total. The topological polar surface area (TPSA) is 153 Å². The molecule has 0 atom stereocenters. The van der Waals surface area contributed by atoms with Crippen LogP contribution in [0.2, 0.25) is 0 Å². The molecule has 0 aliphatic rings. The maximum Gasteiger partial charge on any atom is 0.338 e. The average Bonchev–Trinajstić information content (AvgIpc) is 2.77. The molecule has 0 spiro atoms. The van der Waals surface area contributed by atoms with E-state index in [1.54, 1.807) is 0 Å². The van der Waals surface area contributed by atoms with E-state index in [0.717, 1.165) is 0 Å². The van der Waals surface area contributed by atoms with Gasteiger partial charge in [0.15, 0.2) is 0 Å². The van der Waals surface area contributed by atoms with E-state index < -0.39 is 54.3 Å². The van der Waals surface area contributed by atoms with Gasteiger partial charge in [-0.05, 0) is 56.2 Å². The lowest BCUT2D eigenvalue weighted by Crippen LogP contribution is -2.67. The minimum Gasteiger partial charge on any atom is -0.461 e. The number of anilines is 1. The summed E-state index contributed by atoms with van der Waals surface area (Å²) in [6.45, 7) is 11.2. The number of carbonyl (C=O) groups excluding carboxylic acids is 4. The first-order valence-electron chi connectivity index (χ1n) is 9.83. The lowest BCUT2D eigenvalue weighted by atomic mass is 9.65. The molecule has 0 bridgehead atoms. The number of rotatable bonds is 12. The van der Waals surface area contributed by atoms with E-state index >= 15 is 0 Å². The van der Waals surface area contributed by atoms with Gasteiger partial charge in [0.2, 0.25) is 17.2 Å². The highest BCUT2D eigenvalue weighted by Gasteiger charge is 2.65. The Morgan fingerprint density at radius 3 is 1.70 bits per heavy atom. The van der Waals surface area contributed by atoms with Crippen LogP contribution in [0.15, 0.2) is 60.7 Å². The van der Waals surface area contributed by atoms with Crippen LogP contribution in [0.25, 0.3) is 0 Å². The van der Waals surface area contributed by atoms with Gasteiger partial charge in [-0.3, -0.25) is 9.59 Å². The van der Waals surface area contributed by atoms with Gasteiger partial charge in [0, 0.05) is 11.3 Å². The number of ether oxygens (including phenoxy) is 2. The molecule has 0 heterocycles. The summed E-state index contributed by atoms with van der Waals surface area (Å²) in [6.07, 6.45) is 0. The molecule has 9 heteroatoms. The fraction of sp³-hybridized carbons (Fsp3) is 0.333. The first-order valence-corrected chi connectivity index (χ1v) is 9.83. The molecular weight excluding hydrogens is 430 g/mol. The number of esters is 2. The van der Waals surface area contributed by atoms with Crippen molar-refractivity contribution >= 4 is 29.2 Å². The number of aliphatic hydroxyl groups excluding tert-OH is 2. The van der Waals surface area contributed by atoms with Crippen molar-refractivity contribution in [2.45, 2.75) is 26.4 Å². The van der Waals surface area contributed by atoms with E-state index in [2.05, 4.69) is 19.7 Å². The minimum absolute atomic E-state index is 0.0796. The van der Waals surface area contributed by atoms with Crippen LogP contribution in [0.5, 0.6) is 0 Å². The lowest BCUT2D eigenvalue weighted by Gasteiger charge is -2.45. The third-order valence-corrected chi connectivity index (χ3v) is 4.99. The van der Waals surface area contributed by atoms with Crippen molar-refractivity contribution in [1.82, 2.24) is 0 Å². The van der Waals surface area contributed by atoms with Crippen molar-refractivity contribution in [3.8, 4) is 0 Å². The van der Waals surface area contributed by atoms with Gasteiger partial charge in [0.1, 0.15) is 12.0 Å². The molecule has 1 aromatic rings. The smallest absolute Gasteiger partial charge is 0.338 e. The number of nitrogens with two attached hydrogens (primary N) is 1. The molecule has 0 aliphatic carbocycles. The number of Topliss-reactive ketones (excluding diaryl/α,β-unsaturated/α-hetero) is 2. The van der Waals surface area contributed by atoms with Gasteiger partial charge in [0.05, 0.1) is 18.8 Å². The van der Waals surface area contributed by atoms with Gasteiger partial charge in [-0.1, -0.05) is 19.7 Å². The van der Waals surface area contributed by atoms with Crippen LogP contribution in [-0.2, 0) is 23.9 Å². The third-order valence-electron chi connectivity index (χ3n) is 4.99. The standard InChI is InChI=1S/C24H29NO8/c1-14(2)19(28)24(20(29)15(3)4,33-21(30)16(5)6)23(11-26,12-27)13-32-22(31)17-7-9-18(25)10-8-17/h7-10,26-27H,1,3,5,11-13,25H2,2,4,6H3.